The van der Waals surface area contributed by atoms with Gasteiger partial charge in [-0.05, 0) is 19.3 Å². The quantitative estimate of drug-likeness (QED) is 0.405. The van der Waals surface area contributed by atoms with Crippen molar-refractivity contribution in [3.63, 3.8) is 0 Å². The smallest absolute Gasteiger partial charge is 0.0654 e. The Bertz CT molecular complexity index is 64.4. The summed E-state index contributed by atoms with van der Waals surface area (Å²) in [6, 6.07) is 0. The highest BCUT2D eigenvalue weighted by Gasteiger charge is 2.10. The molecule has 0 aromatic rings. The first-order chi connectivity index (χ1) is 4.68. The van der Waals surface area contributed by atoms with E-state index in [9.17, 15) is 0 Å². The van der Waals surface area contributed by atoms with Gasteiger partial charge in [-0.1, -0.05) is 33.1 Å². The van der Waals surface area contributed by atoms with E-state index in [2.05, 4.69) is 27.7 Å². The molecule has 0 spiro atoms. The van der Waals surface area contributed by atoms with E-state index in [4.69, 9.17) is 0 Å². The van der Waals surface area contributed by atoms with Crippen LogP contribution in [0.25, 0.3) is 0 Å². The molecule has 0 aromatic heterocycles. The average Bonchev–Trinajstić information content (AvgIpc) is 1.88. The fraction of sp³-hybridized carbons (Fsp3) is 0.900. The van der Waals surface area contributed by atoms with E-state index in [1.807, 2.05) is 0 Å². The van der Waals surface area contributed by atoms with Gasteiger partial charge in [0.15, 0.2) is 0 Å². The van der Waals surface area contributed by atoms with Crippen LogP contribution in [0.1, 0.15) is 46.5 Å². The molecule has 0 nitrogen and oxygen atoms in total. The maximum atomic E-state index is 4.02. The van der Waals surface area contributed by atoms with Crippen molar-refractivity contribution in [3.05, 3.63) is 6.92 Å². The molecule has 10 heavy (non-hydrogen) atoms. The predicted molar refractivity (Wildman–Crippen MR) is 47.8 cm³/mol. The van der Waals surface area contributed by atoms with Crippen molar-refractivity contribution >= 4 is 0 Å². The molecule has 2 unspecified atom stereocenters. The van der Waals surface area contributed by atoms with Gasteiger partial charge in [-0.3, -0.25) is 0 Å². The van der Waals surface area contributed by atoms with Crippen LogP contribution < -0.4 is 0 Å². The summed E-state index contributed by atoms with van der Waals surface area (Å²) in [6.07, 6.45) is 5.46. The molecule has 0 amide bonds. The molecule has 0 rings (SSSR count). The minimum Gasteiger partial charge on any atom is -0.0654 e. The van der Waals surface area contributed by atoms with E-state index in [0.29, 0.717) is 5.92 Å². The minimum atomic E-state index is 0.622. The van der Waals surface area contributed by atoms with Gasteiger partial charge >= 0.3 is 0 Å². The van der Waals surface area contributed by atoms with Crippen molar-refractivity contribution in [2.45, 2.75) is 46.5 Å². The van der Waals surface area contributed by atoms with Gasteiger partial charge in [0.05, 0.1) is 12.8 Å². The van der Waals surface area contributed by atoms with Gasteiger partial charge in [0.1, 0.15) is 0 Å². The van der Waals surface area contributed by atoms with Crippen molar-refractivity contribution in [1.82, 2.24) is 0 Å². The summed E-state index contributed by atoms with van der Waals surface area (Å²) in [6.45, 7) is 10.8. The first-order valence-electron chi connectivity index (χ1n) is 4.51. The van der Waals surface area contributed by atoms with Crippen molar-refractivity contribution in [1.29, 1.82) is 0 Å². The lowest BCUT2D eigenvalue weighted by Gasteiger charge is -2.09. The molecule has 0 heterocycles. The lowest BCUT2D eigenvalue weighted by Crippen LogP contribution is -2.03. The fourth-order valence-corrected chi connectivity index (χ4v) is 1.00. The van der Waals surface area contributed by atoms with Gasteiger partial charge in [0.2, 0.25) is 0 Å². The predicted octanol–water partition coefficient (Wildman–Crippen LogP) is 3.67. The summed E-state index contributed by atoms with van der Waals surface area (Å²) in [4.78, 5) is 0. The van der Waals surface area contributed by atoms with Gasteiger partial charge in [0, 0.05) is 0 Å². The van der Waals surface area contributed by atoms with Gasteiger partial charge in [-0.25, -0.2) is 0 Å². The Balaban J connectivity index is 3.13. The van der Waals surface area contributed by atoms with Gasteiger partial charge in [0.25, 0.3) is 0 Å². The number of hydrogen-bond acceptors (Lipinski definition) is 0. The zero-order valence-electron chi connectivity index (χ0n) is 7.69. The third-order valence-corrected chi connectivity index (χ3v) is 2.23. The van der Waals surface area contributed by atoms with Crippen molar-refractivity contribution in [2.75, 3.05) is 0 Å². The SMILES string of the molecule is [CH2+]C(C)C(C)CCCCC. The Morgan fingerprint density at radius 2 is 1.80 bits per heavy atom. The molecule has 0 N–H and O–H groups in total. The Morgan fingerprint density at radius 1 is 1.20 bits per heavy atom. The van der Waals surface area contributed by atoms with E-state index in [-0.39, 0.29) is 0 Å². The lowest BCUT2D eigenvalue weighted by molar-refractivity contribution is 0.406. The summed E-state index contributed by atoms with van der Waals surface area (Å²) >= 11 is 0. The van der Waals surface area contributed by atoms with Crippen LogP contribution in [0.4, 0.5) is 0 Å². The third-order valence-electron chi connectivity index (χ3n) is 2.23. The molecule has 60 valence electrons. The van der Waals surface area contributed by atoms with Gasteiger partial charge in [-0.2, -0.15) is 0 Å². The normalized spacial score (nSPS) is 16.7. The maximum Gasteiger partial charge on any atom is 0.0950 e. The van der Waals surface area contributed by atoms with Crippen LogP contribution in [-0.2, 0) is 0 Å². The Kier molecular flexibility index (Phi) is 5.57. The lowest BCUT2D eigenvalue weighted by atomic mass is 9.92. The van der Waals surface area contributed by atoms with Crippen LogP contribution in [-0.4, -0.2) is 0 Å². The van der Waals surface area contributed by atoms with Crippen LogP contribution in [0.2, 0.25) is 0 Å². The second-order valence-corrected chi connectivity index (χ2v) is 3.45. The molecule has 0 saturated carbocycles. The highest BCUT2D eigenvalue weighted by Crippen LogP contribution is 2.16. The van der Waals surface area contributed by atoms with E-state index in [1.165, 1.54) is 25.7 Å². The minimum absolute atomic E-state index is 0.622. The zero-order valence-corrected chi connectivity index (χ0v) is 7.69. The monoisotopic (exact) mass is 141 g/mol. The summed E-state index contributed by atoms with van der Waals surface area (Å²) < 4.78 is 0. The van der Waals surface area contributed by atoms with Crippen LogP contribution in [0.3, 0.4) is 0 Å². The highest BCUT2D eigenvalue weighted by molar-refractivity contribution is 4.62. The standard InChI is InChI=1S/C10H21/c1-5-6-7-8-10(4)9(2)3/h9-10H,2,5-8H2,1,3-4H3/q+1. The number of unbranched alkanes of at least 4 members (excludes halogenated alkanes) is 2. The van der Waals surface area contributed by atoms with E-state index >= 15 is 0 Å². The molecular weight excluding hydrogens is 120 g/mol. The van der Waals surface area contributed by atoms with Crippen LogP contribution in [0, 0.1) is 18.8 Å². The van der Waals surface area contributed by atoms with Crippen molar-refractivity contribution in [3.8, 4) is 0 Å². The Morgan fingerprint density at radius 3 is 2.20 bits per heavy atom. The first kappa shape index (κ1) is 9.87. The molecular formula is C10H21+. The highest BCUT2D eigenvalue weighted by atomic mass is 14.1. The summed E-state index contributed by atoms with van der Waals surface area (Å²) in [7, 11) is 0. The van der Waals surface area contributed by atoms with Crippen LogP contribution >= 0.6 is 0 Å². The second-order valence-electron chi connectivity index (χ2n) is 3.45. The largest absolute Gasteiger partial charge is 0.0950 e. The molecule has 0 aliphatic carbocycles. The van der Waals surface area contributed by atoms with Gasteiger partial charge in [-0.15, -0.1) is 0 Å². The van der Waals surface area contributed by atoms with E-state index < -0.39 is 0 Å². The maximum absolute atomic E-state index is 4.02. The van der Waals surface area contributed by atoms with Crippen molar-refractivity contribution < 1.29 is 0 Å². The molecule has 0 heteroatoms. The Labute approximate surface area is 66.0 Å². The molecule has 0 aliphatic rings. The number of hydrogen-bond donors (Lipinski definition) is 0. The molecule has 2 atom stereocenters. The fourth-order valence-electron chi connectivity index (χ4n) is 1.00. The first-order valence-corrected chi connectivity index (χ1v) is 4.51. The summed E-state index contributed by atoms with van der Waals surface area (Å²) in [5.74, 6) is 1.43. The molecule has 0 aliphatic heterocycles. The topological polar surface area (TPSA) is 0 Å². The molecule has 0 aromatic carbocycles. The summed E-state index contributed by atoms with van der Waals surface area (Å²) in [5, 5.41) is 0. The van der Waals surface area contributed by atoms with Crippen LogP contribution in [0.15, 0.2) is 0 Å². The third kappa shape index (κ3) is 4.72. The molecule has 0 saturated heterocycles. The molecule has 0 radical (unpaired) electrons. The van der Waals surface area contributed by atoms with Crippen LogP contribution in [0.5, 0.6) is 0 Å². The van der Waals surface area contributed by atoms with Gasteiger partial charge < -0.3 is 0 Å². The van der Waals surface area contributed by atoms with E-state index in [1.54, 1.807) is 0 Å². The van der Waals surface area contributed by atoms with Crippen molar-refractivity contribution in [2.24, 2.45) is 11.8 Å². The zero-order chi connectivity index (χ0) is 7.98. The van der Waals surface area contributed by atoms with E-state index in [0.717, 1.165) is 5.92 Å². The molecule has 0 fully saturated rings. The average molecular weight is 141 g/mol. The molecule has 0 bridgehead atoms. The Hall–Kier alpha value is -0.130. The second kappa shape index (κ2) is 5.64. The number of rotatable bonds is 5. The summed E-state index contributed by atoms with van der Waals surface area (Å²) in [5.41, 5.74) is 0.